The van der Waals surface area contributed by atoms with Crippen molar-refractivity contribution in [3.05, 3.63) is 56.8 Å². The second-order valence-corrected chi connectivity index (χ2v) is 7.36. The Kier molecular flexibility index (Phi) is 4.55. The number of thiazole rings is 1. The molecule has 1 saturated heterocycles. The zero-order chi connectivity index (χ0) is 17.2. The van der Waals surface area contributed by atoms with Crippen molar-refractivity contribution in [2.75, 3.05) is 13.7 Å². The molecule has 0 bridgehead atoms. The Balaban J connectivity index is 1.66. The van der Waals surface area contributed by atoms with Crippen LogP contribution in [0.3, 0.4) is 0 Å². The molecule has 0 spiro atoms. The maximum atomic E-state index is 12.5. The highest BCUT2D eigenvalue weighted by molar-refractivity contribution is 7.09. The molecular weight excluding hydrogens is 334 g/mol. The van der Waals surface area contributed by atoms with Gasteiger partial charge in [-0.25, -0.2) is 4.98 Å². The standard InChI is InChI=1S/C19H21N3O2S/c1-24-15-5-6-16-13(11-15)10-14(18(23)21-16)12-22-8-3-2-4-17(22)19-20-7-9-25-19/h5-7,9-11,17H,2-4,8,12H2,1H3,(H,21,23). The van der Waals surface area contributed by atoms with Gasteiger partial charge >= 0.3 is 0 Å². The van der Waals surface area contributed by atoms with E-state index in [-0.39, 0.29) is 5.56 Å². The molecule has 1 aliphatic heterocycles. The fourth-order valence-corrected chi connectivity index (χ4v) is 4.36. The molecule has 3 aromatic rings. The van der Waals surface area contributed by atoms with Crippen LogP contribution in [-0.4, -0.2) is 28.5 Å². The van der Waals surface area contributed by atoms with Crippen molar-refractivity contribution in [2.45, 2.75) is 31.8 Å². The van der Waals surface area contributed by atoms with Crippen LogP contribution in [-0.2, 0) is 6.54 Å². The Morgan fingerprint density at radius 1 is 1.36 bits per heavy atom. The molecule has 5 nitrogen and oxygen atoms in total. The van der Waals surface area contributed by atoms with Gasteiger partial charge in [0.15, 0.2) is 0 Å². The van der Waals surface area contributed by atoms with E-state index in [1.807, 2.05) is 35.8 Å². The highest BCUT2D eigenvalue weighted by Gasteiger charge is 2.26. The van der Waals surface area contributed by atoms with Gasteiger partial charge in [-0.15, -0.1) is 11.3 Å². The van der Waals surface area contributed by atoms with Gasteiger partial charge in [0.05, 0.1) is 13.2 Å². The molecule has 1 N–H and O–H groups in total. The number of hydrogen-bond donors (Lipinski definition) is 1. The van der Waals surface area contributed by atoms with Gasteiger partial charge in [-0.2, -0.15) is 0 Å². The van der Waals surface area contributed by atoms with E-state index in [0.29, 0.717) is 12.6 Å². The van der Waals surface area contributed by atoms with E-state index in [1.54, 1.807) is 18.4 Å². The number of aromatic nitrogens is 2. The van der Waals surface area contributed by atoms with Crippen LogP contribution < -0.4 is 10.3 Å². The summed E-state index contributed by atoms with van der Waals surface area (Å²) in [5, 5.41) is 4.17. The number of pyridine rings is 1. The third-order valence-electron chi connectivity index (χ3n) is 4.85. The Morgan fingerprint density at radius 3 is 3.08 bits per heavy atom. The number of fused-ring (bicyclic) bond motifs is 1. The van der Waals surface area contributed by atoms with Gasteiger partial charge in [0.25, 0.3) is 5.56 Å². The second-order valence-electron chi connectivity index (χ2n) is 6.43. The van der Waals surface area contributed by atoms with E-state index in [0.717, 1.165) is 40.2 Å². The molecule has 0 aliphatic carbocycles. The highest BCUT2D eigenvalue weighted by atomic mass is 32.1. The summed E-state index contributed by atoms with van der Waals surface area (Å²) in [6.07, 6.45) is 5.35. The normalized spacial score (nSPS) is 18.5. The van der Waals surface area contributed by atoms with Crippen LogP contribution >= 0.6 is 11.3 Å². The number of ether oxygens (including phenoxy) is 1. The number of rotatable bonds is 4. The van der Waals surface area contributed by atoms with E-state index in [9.17, 15) is 4.79 Å². The lowest BCUT2D eigenvalue weighted by Crippen LogP contribution is -2.34. The van der Waals surface area contributed by atoms with Gasteiger partial charge in [0.2, 0.25) is 0 Å². The summed E-state index contributed by atoms with van der Waals surface area (Å²) < 4.78 is 5.30. The summed E-state index contributed by atoms with van der Waals surface area (Å²) in [6, 6.07) is 8.02. The third kappa shape index (κ3) is 3.32. The lowest BCUT2D eigenvalue weighted by atomic mass is 10.0. The van der Waals surface area contributed by atoms with Gasteiger partial charge in [-0.3, -0.25) is 9.69 Å². The molecule has 4 rings (SSSR count). The Morgan fingerprint density at radius 2 is 2.28 bits per heavy atom. The van der Waals surface area contributed by atoms with E-state index in [1.165, 1.54) is 12.8 Å². The molecule has 0 amide bonds. The maximum absolute atomic E-state index is 12.5. The summed E-state index contributed by atoms with van der Waals surface area (Å²) >= 11 is 1.70. The van der Waals surface area contributed by atoms with Crippen LogP contribution in [0.5, 0.6) is 5.75 Å². The van der Waals surface area contributed by atoms with Crippen molar-refractivity contribution >= 4 is 22.2 Å². The first-order valence-corrected chi connectivity index (χ1v) is 9.46. The molecule has 1 aromatic carbocycles. The smallest absolute Gasteiger partial charge is 0.252 e. The van der Waals surface area contributed by atoms with Crippen LogP contribution in [0.4, 0.5) is 0 Å². The molecule has 6 heteroatoms. The SMILES string of the molecule is COc1ccc2[nH]c(=O)c(CN3CCCCC3c3nccs3)cc2c1. The number of benzene rings is 1. The van der Waals surface area contributed by atoms with E-state index >= 15 is 0 Å². The van der Waals surface area contributed by atoms with Crippen molar-refractivity contribution in [1.82, 2.24) is 14.9 Å². The fraction of sp³-hybridized carbons (Fsp3) is 0.368. The molecule has 1 unspecified atom stereocenters. The molecule has 25 heavy (non-hydrogen) atoms. The summed E-state index contributed by atoms with van der Waals surface area (Å²) in [4.78, 5) is 22.4. The molecule has 1 aliphatic rings. The number of likely N-dealkylation sites (tertiary alicyclic amines) is 1. The number of H-pyrrole nitrogens is 1. The zero-order valence-corrected chi connectivity index (χ0v) is 15.0. The van der Waals surface area contributed by atoms with Crippen molar-refractivity contribution in [2.24, 2.45) is 0 Å². The minimum Gasteiger partial charge on any atom is -0.497 e. The summed E-state index contributed by atoms with van der Waals surface area (Å²) in [7, 11) is 1.65. The third-order valence-corrected chi connectivity index (χ3v) is 5.73. The predicted octanol–water partition coefficient (Wildman–Crippen LogP) is 3.72. The Hall–Kier alpha value is -2.18. The number of hydrogen-bond acceptors (Lipinski definition) is 5. The van der Waals surface area contributed by atoms with Crippen molar-refractivity contribution in [3.63, 3.8) is 0 Å². The van der Waals surface area contributed by atoms with Crippen LogP contribution in [0, 0.1) is 0 Å². The first kappa shape index (κ1) is 16.3. The molecule has 3 heterocycles. The second kappa shape index (κ2) is 6.98. The van der Waals surface area contributed by atoms with E-state index < -0.39 is 0 Å². The molecule has 0 saturated carbocycles. The van der Waals surface area contributed by atoms with Gasteiger partial charge in [-0.1, -0.05) is 6.42 Å². The molecule has 1 fully saturated rings. The average molecular weight is 355 g/mol. The Labute approximate surface area is 150 Å². The van der Waals surface area contributed by atoms with Gasteiger partial charge in [0, 0.05) is 34.6 Å². The van der Waals surface area contributed by atoms with Gasteiger partial charge in [-0.05, 0) is 43.7 Å². The number of aromatic amines is 1. The minimum atomic E-state index is -0.0128. The summed E-state index contributed by atoms with van der Waals surface area (Å²) in [6.45, 7) is 1.65. The summed E-state index contributed by atoms with van der Waals surface area (Å²) in [5.41, 5.74) is 1.62. The van der Waals surface area contributed by atoms with Crippen LogP contribution in [0.15, 0.2) is 40.6 Å². The monoisotopic (exact) mass is 355 g/mol. The molecule has 130 valence electrons. The zero-order valence-electron chi connectivity index (χ0n) is 14.2. The number of piperidine rings is 1. The van der Waals surface area contributed by atoms with Crippen LogP contribution in [0.25, 0.3) is 10.9 Å². The largest absolute Gasteiger partial charge is 0.497 e. The predicted molar refractivity (Wildman–Crippen MR) is 100 cm³/mol. The lowest BCUT2D eigenvalue weighted by molar-refractivity contribution is 0.139. The van der Waals surface area contributed by atoms with Crippen molar-refractivity contribution in [1.29, 1.82) is 0 Å². The quantitative estimate of drug-likeness (QED) is 0.775. The molecule has 0 radical (unpaired) electrons. The lowest BCUT2D eigenvalue weighted by Gasteiger charge is -2.34. The van der Waals surface area contributed by atoms with Crippen LogP contribution in [0.2, 0.25) is 0 Å². The summed E-state index contributed by atoms with van der Waals surface area (Å²) in [5.74, 6) is 0.795. The minimum absolute atomic E-state index is 0.0128. The number of methoxy groups -OCH3 is 1. The number of nitrogens with zero attached hydrogens (tertiary/aromatic N) is 2. The Bertz CT molecular complexity index is 920. The maximum Gasteiger partial charge on any atom is 0.252 e. The number of nitrogens with one attached hydrogen (secondary N) is 1. The van der Waals surface area contributed by atoms with Gasteiger partial charge < -0.3 is 9.72 Å². The molecule has 2 aromatic heterocycles. The van der Waals surface area contributed by atoms with Gasteiger partial charge in [0.1, 0.15) is 10.8 Å². The highest BCUT2D eigenvalue weighted by Crippen LogP contribution is 2.33. The first-order chi connectivity index (χ1) is 12.2. The molecule has 1 atom stereocenters. The topological polar surface area (TPSA) is 58.2 Å². The fourth-order valence-electron chi connectivity index (χ4n) is 3.55. The van der Waals surface area contributed by atoms with Crippen molar-refractivity contribution in [3.8, 4) is 5.75 Å². The van der Waals surface area contributed by atoms with E-state index in [4.69, 9.17) is 4.74 Å². The van der Waals surface area contributed by atoms with E-state index in [2.05, 4.69) is 14.9 Å². The first-order valence-electron chi connectivity index (χ1n) is 8.58. The average Bonchev–Trinajstić information content (AvgIpc) is 3.17. The van der Waals surface area contributed by atoms with Crippen molar-refractivity contribution < 1.29 is 4.74 Å². The molecular formula is C19H21N3O2S. The van der Waals surface area contributed by atoms with Crippen LogP contribution in [0.1, 0.15) is 35.9 Å².